The third-order valence-electron chi connectivity index (χ3n) is 3.35. The lowest BCUT2D eigenvalue weighted by atomic mass is 10.2. The Kier molecular flexibility index (Phi) is 5.38. The summed E-state index contributed by atoms with van der Waals surface area (Å²) in [6, 6.07) is 12.1. The fourth-order valence-corrected chi connectivity index (χ4v) is 2.98. The van der Waals surface area contributed by atoms with Crippen LogP contribution in [0.5, 0.6) is 0 Å². The van der Waals surface area contributed by atoms with Gasteiger partial charge in [0.05, 0.1) is 16.9 Å². The fourth-order valence-electron chi connectivity index (χ4n) is 2.13. The van der Waals surface area contributed by atoms with Gasteiger partial charge in [0, 0.05) is 17.8 Å². The second-order valence-corrected chi connectivity index (χ2v) is 7.37. The van der Waals surface area contributed by atoms with E-state index in [1.54, 1.807) is 12.1 Å². The summed E-state index contributed by atoms with van der Waals surface area (Å²) in [5.74, 6) is -0.555. The lowest BCUT2D eigenvalue weighted by Crippen LogP contribution is -2.37. The first-order valence-electron chi connectivity index (χ1n) is 7.25. The van der Waals surface area contributed by atoms with Crippen LogP contribution in [-0.4, -0.2) is 32.0 Å². The van der Waals surface area contributed by atoms with Crippen molar-refractivity contribution in [3.63, 3.8) is 0 Å². The van der Waals surface area contributed by atoms with Crippen LogP contribution < -0.4 is 9.62 Å². The molecule has 9 heteroatoms. The van der Waals surface area contributed by atoms with Gasteiger partial charge in [0.15, 0.2) is 0 Å². The summed E-state index contributed by atoms with van der Waals surface area (Å²) in [6.45, 7) is 1.41. The molecule has 0 aliphatic carbocycles. The molecule has 0 saturated carbocycles. The molecule has 0 bridgehead atoms. The fraction of sp³-hybridized carbons (Fsp3) is 0.188. The molecule has 0 spiro atoms. The summed E-state index contributed by atoms with van der Waals surface area (Å²) in [5, 5.41) is 13.5. The first kappa shape index (κ1) is 18.4. The molecule has 0 heterocycles. The van der Waals surface area contributed by atoms with Crippen LogP contribution in [0.4, 0.5) is 17.1 Å². The van der Waals surface area contributed by atoms with Crippen molar-refractivity contribution in [3.05, 3.63) is 64.2 Å². The number of nitrogens with one attached hydrogen (secondary N) is 1. The highest BCUT2D eigenvalue weighted by Crippen LogP contribution is 2.23. The normalized spacial score (nSPS) is 11.0. The Morgan fingerprint density at radius 3 is 2.40 bits per heavy atom. The molecule has 0 atom stereocenters. The molecular weight excluding hydrogens is 346 g/mol. The van der Waals surface area contributed by atoms with Gasteiger partial charge in [0.2, 0.25) is 15.9 Å². The number of rotatable bonds is 6. The van der Waals surface area contributed by atoms with Crippen molar-refractivity contribution < 1.29 is 18.1 Å². The highest BCUT2D eigenvalue weighted by Gasteiger charge is 2.22. The molecule has 8 nitrogen and oxygen atoms in total. The molecule has 0 aliphatic heterocycles. The molecule has 0 radical (unpaired) electrons. The minimum atomic E-state index is -3.80. The van der Waals surface area contributed by atoms with Crippen molar-refractivity contribution in [2.75, 3.05) is 22.4 Å². The number of carbonyl (C=O) groups is 1. The number of nitrogens with zero attached hydrogens (tertiary/aromatic N) is 2. The first-order chi connectivity index (χ1) is 11.7. The molecule has 0 saturated heterocycles. The maximum absolute atomic E-state index is 12.2. The third-order valence-corrected chi connectivity index (χ3v) is 4.49. The Morgan fingerprint density at radius 1 is 1.20 bits per heavy atom. The van der Waals surface area contributed by atoms with Crippen LogP contribution in [0.15, 0.2) is 48.5 Å². The van der Waals surface area contributed by atoms with Crippen LogP contribution in [0.3, 0.4) is 0 Å². The average molecular weight is 363 g/mol. The molecule has 132 valence electrons. The number of non-ortho nitro benzene ring substituents is 1. The molecule has 0 aliphatic rings. The van der Waals surface area contributed by atoms with E-state index in [0.29, 0.717) is 5.69 Å². The number of nitro groups is 1. The van der Waals surface area contributed by atoms with E-state index in [4.69, 9.17) is 0 Å². The molecule has 1 N–H and O–H groups in total. The van der Waals surface area contributed by atoms with Gasteiger partial charge in [0.1, 0.15) is 6.54 Å². The van der Waals surface area contributed by atoms with E-state index in [1.165, 1.54) is 18.2 Å². The van der Waals surface area contributed by atoms with Gasteiger partial charge in [-0.25, -0.2) is 8.42 Å². The van der Waals surface area contributed by atoms with Gasteiger partial charge < -0.3 is 5.32 Å². The highest BCUT2D eigenvalue weighted by molar-refractivity contribution is 7.92. The predicted molar refractivity (Wildman–Crippen MR) is 95.1 cm³/mol. The maximum atomic E-state index is 12.2. The summed E-state index contributed by atoms with van der Waals surface area (Å²) >= 11 is 0. The minimum absolute atomic E-state index is 0.0516. The maximum Gasteiger partial charge on any atom is 0.271 e. The van der Waals surface area contributed by atoms with E-state index in [9.17, 15) is 23.3 Å². The lowest BCUT2D eigenvalue weighted by Gasteiger charge is -2.21. The number of benzene rings is 2. The van der Waals surface area contributed by atoms with Crippen LogP contribution in [0, 0.1) is 17.0 Å². The topological polar surface area (TPSA) is 110 Å². The minimum Gasteiger partial charge on any atom is -0.325 e. The van der Waals surface area contributed by atoms with Crippen LogP contribution in [0.25, 0.3) is 0 Å². The van der Waals surface area contributed by atoms with Crippen molar-refractivity contribution in [1.29, 1.82) is 0 Å². The number of hydrogen-bond acceptors (Lipinski definition) is 5. The van der Waals surface area contributed by atoms with E-state index in [1.807, 2.05) is 19.1 Å². The molecule has 2 aromatic rings. The van der Waals surface area contributed by atoms with Crippen LogP contribution in [0.1, 0.15) is 5.56 Å². The molecule has 25 heavy (non-hydrogen) atoms. The largest absolute Gasteiger partial charge is 0.325 e. The quantitative estimate of drug-likeness (QED) is 0.625. The zero-order chi connectivity index (χ0) is 18.6. The van der Waals surface area contributed by atoms with Gasteiger partial charge >= 0.3 is 0 Å². The van der Waals surface area contributed by atoms with Gasteiger partial charge in [-0.15, -0.1) is 0 Å². The summed E-state index contributed by atoms with van der Waals surface area (Å²) in [7, 11) is -3.80. The Bertz CT molecular complexity index is 894. The molecule has 1 amide bonds. The summed E-state index contributed by atoms with van der Waals surface area (Å²) in [5.41, 5.74) is 1.34. The van der Waals surface area contributed by atoms with Crippen LogP contribution in [-0.2, 0) is 14.8 Å². The monoisotopic (exact) mass is 363 g/mol. The van der Waals surface area contributed by atoms with E-state index in [0.717, 1.165) is 22.2 Å². The summed E-state index contributed by atoms with van der Waals surface area (Å²) < 4.78 is 24.9. The molecular formula is C16H17N3O5S. The second-order valence-electron chi connectivity index (χ2n) is 5.46. The molecule has 0 fully saturated rings. The number of sulfonamides is 1. The Hall–Kier alpha value is -2.94. The van der Waals surface area contributed by atoms with Crippen LogP contribution >= 0.6 is 0 Å². The third kappa shape index (κ3) is 5.01. The lowest BCUT2D eigenvalue weighted by molar-refractivity contribution is -0.384. The van der Waals surface area contributed by atoms with E-state index in [-0.39, 0.29) is 11.4 Å². The Balaban J connectivity index is 2.24. The number of nitro benzene ring substituents is 1. The van der Waals surface area contributed by atoms with Gasteiger partial charge in [-0.3, -0.25) is 19.2 Å². The molecule has 0 unspecified atom stereocenters. The van der Waals surface area contributed by atoms with E-state index >= 15 is 0 Å². The average Bonchev–Trinajstić information content (AvgIpc) is 2.54. The molecule has 2 rings (SSSR count). The predicted octanol–water partition coefficient (Wildman–Crippen LogP) is 2.31. The SMILES string of the molecule is Cc1ccc(NC(=O)CN(c2cccc([N+](=O)[O-])c2)S(C)(=O)=O)cc1. The first-order valence-corrected chi connectivity index (χ1v) is 9.10. The summed E-state index contributed by atoms with van der Waals surface area (Å²) in [4.78, 5) is 22.4. The standard InChI is InChI=1S/C16H17N3O5S/c1-12-6-8-13(9-7-12)17-16(20)11-18(25(2,23)24)14-4-3-5-15(10-14)19(21)22/h3-10H,11H2,1-2H3,(H,17,20). The van der Waals surface area contributed by atoms with Crippen molar-refractivity contribution in [2.45, 2.75) is 6.92 Å². The Labute approximate surface area is 145 Å². The summed E-state index contributed by atoms with van der Waals surface area (Å²) in [6.07, 6.45) is 0.936. The number of anilines is 2. The van der Waals surface area contributed by atoms with Crippen molar-refractivity contribution >= 4 is 33.0 Å². The van der Waals surface area contributed by atoms with E-state index in [2.05, 4.69) is 5.32 Å². The van der Waals surface area contributed by atoms with E-state index < -0.39 is 27.4 Å². The highest BCUT2D eigenvalue weighted by atomic mass is 32.2. The molecule has 0 aromatic heterocycles. The van der Waals surface area contributed by atoms with Gasteiger partial charge in [-0.1, -0.05) is 23.8 Å². The Morgan fingerprint density at radius 2 is 1.84 bits per heavy atom. The number of carbonyl (C=O) groups excluding carboxylic acids is 1. The van der Waals surface area contributed by atoms with Gasteiger partial charge in [-0.05, 0) is 25.1 Å². The zero-order valence-corrected chi connectivity index (χ0v) is 14.5. The van der Waals surface area contributed by atoms with Crippen molar-refractivity contribution in [2.24, 2.45) is 0 Å². The van der Waals surface area contributed by atoms with Crippen LogP contribution in [0.2, 0.25) is 0 Å². The van der Waals surface area contributed by atoms with Gasteiger partial charge in [-0.2, -0.15) is 0 Å². The second kappa shape index (κ2) is 7.31. The molecule has 2 aromatic carbocycles. The van der Waals surface area contributed by atoms with Crippen molar-refractivity contribution in [1.82, 2.24) is 0 Å². The van der Waals surface area contributed by atoms with Crippen molar-refractivity contribution in [3.8, 4) is 0 Å². The van der Waals surface area contributed by atoms with Gasteiger partial charge in [0.25, 0.3) is 5.69 Å². The number of amides is 1. The number of hydrogen-bond donors (Lipinski definition) is 1. The smallest absolute Gasteiger partial charge is 0.271 e. The number of aryl methyl sites for hydroxylation is 1. The zero-order valence-electron chi connectivity index (χ0n) is 13.7.